The average Bonchev–Trinajstić information content (AvgIpc) is 2.16. The minimum Gasteiger partial charge on any atom is -0.379 e. The average molecular weight is 214 g/mol. The summed E-state index contributed by atoms with van der Waals surface area (Å²) in [7, 11) is 0. The molecule has 0 aromatic rings. The Bertz CT molecular complexity index is 280. The predicted molar refractivity (Wildman–Crippen MR) is 55.1 cm³/mol. The zero-order valence-electron chi connectivity index (χ0n) is 9.19. The molecule has 2 unspecified atom stereocenters. The number of aliphatic hydroxyl groups is 1. The lowest BCUT2D eigenvalue weighted by Gasteiger charge is -2.39. The normalized spacial score (nSPS) is 29.8. The van der Waals surface area contributed by atoms with Gasteiger partial charge in [0, 0.05) is 6.54 Å². The summed E-state index contributed by atoms with van der Waals surface area (Å²) in [5, 5.41) is 9.92. The van der Waals surface area contributed by atoms with Crippen LogP contribution in [0.2, 0.25) is 0 Å². The van der Waals surface area contributed by atoms with Crippen LogP contribution in [0.4, 0.5) is 0 Å². The molecule has 15 heavy (non-hydrogen) atoms. The molecule has 86 valence electrons. The number of piperidine rings is 1. The number of Topliss-reactive ketones (excluding diaryl/α,β-unsaturated/α-hetero) is 1. The SMILES string of the molecule is CC(=O)C(C)N1CCCC(O)(C(N)=O)C1. The number of hydrogen-bond acceptors (Lipinski definition) is 4. The summed E-state index contributed by atoms with van der Waals surface area (Å²) in [5.74, 6) is -0.674. The van der Waals surface area contributed by atoms with Crippen molar-refractivity contribution >= 4 is 11.7 Å². The van der Waals surface area contributed by atoms with Gasteiger partial charge in [-0.15, -0.1) is 0 Å². The molecule has 1 fully saturated rings. The fourth-order valence-electron chi connectivity index (χ4n) is 1.86. The number of ketones is 1. The molecule has 5 nitrogen and oxygen atoms in total. The fourth-order valence-corrected chi connectivity index (χ4v) is 1.86. The summed E-state index contributed by atoms with van der Waals surface area (Å²) in [6.45, 7) is 4.15. The maximum atomic E-state index is 11.2. The van der Waals surface area contributed by atoms with E-state index in [1.54, 1.807) is 11.8 Å². The zero-order valence-corrected chi connectivity index (χ0v) is 9.19. The van der Waals surface area contributed by atoms with Crippen LogP contribution in [0.25, 0.3) is 0 Å². The number of rotatable bonds is 3. The minimum absolute atomic E-state index is 0.0312. The van der Waals surface area contributed by atoms with Crippen molar-refractivity contribution in [2.24, 2.45) is 5.73 Å². The molecule has 0 radical (unpaired) electrons. The minimum atomic E-state index is -1.47. The number of nitrogens with zero attached hydrogens (tertiary/aromatic N) is 1. The van der Waals surface area contributed by atoms with Gasteiger partial charge in [-0.25, -0.2) is 0 Å². The van der Waals surface area contributed by atoms with Crippen LogP contribution in [-0.2, 0) is 9.59 Å². The van der Waals surface area contributed by atoms with Gasteiger partial charge in [0.25, 0.3) is 5.91 Å². The molecule has 5 heteroatoms. The van der Waals surface area contributed by atoms with Crippen molar-refractivity contribution in [1.82, 2.24) is 4.90 Å². The highest BCUT2D eigenvalue weighted by molar-refractivity contribution is 5.84. The van der Waals surface area contributed by atoms with E-state index in [0.717, 1.165) is 6.54 Å². The van der Waals surface area contributed by atoms with Gasteiger partial charge in [0.05, 0.1) is 6.04 Å². The molecule has 2 atom stereocenters. The number of carbonyl (C=O) groups is 2. The monoisotopic (exact) mass is 214 g/mol. The van der Waals surface area contributed by atoms with Gasteiger partial charge in [-0.3, -0.25) is 14.5 Å². The Labute approximate surface area is 89.2 Å². The summed E-state index contributed by atoms with van der Waals surface area (Å²) in [6, 6.07) is -0.267. The Morgan fingerprint density at radius 3 is 2.60 bits per heavy atom. The van der Waals surface area contributed by atoms with Crippen molar-refractivity contribution in [2.75, 3.05) is 13.1 Å². The molecular weight excluding hydrogens is 196 g/mol. The molecule has 1 amide bonds. The summed E-state index contributed by atoms with van der Waals surface area (Å²) in [6.07, 6.45) is 1.06. The molecule has 0 aromatic carbocycles. The summed E-state index contributed by atoms with van der Waals surface area (Å²) in [5.41, 5.74) is 3.67. The van der Waals surface area contributed by atoms with Gasteiger partial charge in [0.2, 0.25) is 0 Å². The summed E-state index contributed by atoms with van der Waals surface area (Å²) < 4.78 is 0. The summed E-state index contributed by atoms with van der Waals surface area (Å²) >= 11 is 0. The number of carbonyl (C=O) groups excluding carboxylic acids is 2. The second-order valence-corrected chi connectivity index (χ2v) is 4.26. The lowest BCUT2D eigenvalue weighted by molar-refractivity contribution is -0.145. The van der Waals surface area contributed by atoms with Crippen molar-refractivity contribution in [3.8, 4) is 0 Å². The van der Waals surface area contributed by atoms with Gasteiger partial charge < -0.3 is 10.8 Å². The van der Waals surface area contributed by atoms with Gasteiger partial charge in [-0.2, -0.15) is 0 Å². The van der Waals surface area contributed by atoms with Crippen LogP contribution in [0.15, 0.2) is 0 Å². The quantitative estimate of drug-likeness (QED) is 0.649. The molecule has 0 bridgehead atoms. The maximum absolute atomic E-state index is 11.2. The molecule has 0 aromatic heterocycles. The predicted octanol–water partition coefficient (Wildman–Crippen LogP) is -0.724. The first-order valence-corrected chi connectivity index (χ1v) is 5.13. The number of likely N-dealkylation sites (tertiary alicyclic amines) is 1. The van der Waals surface area contributed by atoms with E-state index < -0.39 is 11.5 Å². The molecule has 0 spiro atoms. The van der Waals surface area contributed by atoms with Crippen LogP contribution < -0.4 is 5.73 Å². The highest BCUT2D eigenvalue weighted by Gasteiger charge is 2.40. The zero-order chi connectivity index (χ0) is 11.6. The van der Waals surface area contributed by atoms with E-state index in [0.29, 0.717) is 12.8 Å². The van der Waals surface area contributed by atoms with E-state index in [9.17, 15) is 14.7 Å². The first-order valence-electron chi connectivity index (χ1n) is 5.13. The van der Waals surface area contributed by atoms with Gasteiger partial charge in [-0.05, 0) is 33.2 Å². The van der Waals surface area contributed by atoms with Crippen LogP contribution in [0.5, 0.6) is 0 Å². The Morgan fingerprint density at radius 1 is 1.53 bits per heavy atom. The van der Waals surface area contributed by atoms with E-state index in [-0.39, 0.29) is 18.4 Å². The van der Waals surface area contributed by atoms with Crippen LogP contribution in [0.1, 0.15) is 26.7 Å². The Morgan fingerprint density at radius 2 is 2.13 bits per heavy atom. The third kappa shape index (κ3) is 2.54. The molecule has 1 aliphatic heterocycles. The van der Waals surface area contributed by atoms with Gasteiger partial charge in [0.1, 0.15) is 5.78 Å². The number of hydrogen-bond donors (Lipinski definition) is 2. The number of β-amino-alcohol motifs (C(OH)–C–C–N with tert-alkyl or cyclic N) is 1. The molecule has 1 heterocycles. The van der Waals surface area contributed by atoms with Gasteiger partial charge in [-0.1, -0.05) is 0 Å². The Kier molecular flexibility index (Phi) is 3.46. The largest absolute Gasteiger partial charge is 0.379 e. The fraction of sp³-hybridized carbons (Fsp3) is 0.800. The van der Waals surface area contributed by atoms with E-state index >= 15 is 0 Å². The third-order valence-electron chi connectivity index (χ3n) is 3.10. The smallest absolute Gasteiger partial charge is 0.250 e. The van der Waals surface area contributed by atoms with E-state index in [4.69, 9.17) is 5.73 Å². The van der Waals surface area contributed by atoms with Crippen LogP contribution >= 0.6 is 0 Å². The topological polar surface area (TPSA) is 83.6 Å². The lowest BCUT2D eigenvalue weighted by atomic mass is 9.91. The van der Waals surface area contributed by atoms with Crippen LogP contribution in [-0.4, -0.2) is 46.4 Å². The molecule has 0 saturated carbocycles. The highest BCUT2D eigenvalue weighted by Crippen LogP contribution is 2.22. The van der Waals surface area contributed by atoms with E-state index in [2.05, 4.69) is 0 Å². The van der Waals surface area contributed by atoms with E-state index in [1.165, 1.54) is 6.92 Å². The Hall–Kier alpha value is -0.940. The lowest BCUT2D eigenvalue weighted by Crippen LogP contribution is -2.58. The first kappa shape index (κ1) is 12.1. The highest BCUT2D eigenvalue weighted by atomic mass is 16.3. The third-order valence-corrected chi connectivity index (χ3v) is 3.10. The van der Waals surface area contributed by atoms with E-state index in [1.807, 2.05) is 0 Å². The number of primary amides is 1. The molecule has 1 saturated heterocycles. The van der Waals surface area contributed by atoms with Crippen LogP contribution in [0, 0.1) is 0 Å². The first-order chi connectivity index (χ1) is 6.87. The van der Waals surface area contributed by atoms with Crippen molar-refractivity contribution in [3.63, 3.8) is 0 Å². The number of amides is 1. The van der Waals surface area contributed by atoms with Crippen molar-refractivity contribution in [1.29, 1.82) is 0 Å². The van der Waals surface area contributed by atoms with Gasteiger partial charge >= 0.3 is 0 Å². The molecule has 0 aliphatic carbocycles. The number of nitrogens with two attached hydrogens (primary N) is 1. The molecule has 1 rings (SSSR count). The van der Waals surface area contributed by atoms with Crippen molar-refractivity contribution in [2.45, 2.75) is 38.3 Å². The van der Waals surface area contributed by atoms with Crippen molar-refractivity contribution < 1.29 is 14.7 Å². The maximum Gasteiger partial charge on any atom is 0.250 e. The summed E-state index contributed by atoms with van der Waals surface area (Å²) in [4.78, 5) is 24.1. The van der Waals surface area contributed by atoms with Crippen molar-refractivity contribution in [3.05, 3.63) is 0 Å². The van der Waals surface area contributed by atoms with Crippen LogP contribution in [0.3, 0.4) is 0 Å². The van der Waals surface area contributed by atoms with Gasteiger partial charge in [0.15, 0.2) is 5.60 Å². The second-order valence-electron chi connectivity index (χ2n) is 4.26. The molecule has 3 N–H and O–H groups in total. The molecular formula is C10H18N2O3. The second kappa shape index (κ2) is 4.28. The standard InChI is InChI=1S/C10H18N2O3/c1-7(8(2)13)12-5-3-4-10(15,6-12)9(11)14/h7,15H,3-6H2,1-2H3,(H2,11,14). The Balaban J connectivity index is 2.72. The molecule has 1 aliphatic rings.